The van der Waals surface area contributed by atoms with Crippen LogP contribution in [0.3, 0.4) is 0 Å². The summed E-state index contributed by atoms with van der Waals surface area (Å²) in [4.78, 5) is 17.3. The lowest BCUT2D eigenvalue weighted by molar-refractivity contribution is 0.0696. The van der Waals surface area contributed by atoms with Crippen molar-refractivity contribution in [2.24, 2.45) is 0 Å². The molecule has 0 spiro atoms. The van der Waals surface area contributed by atoms with Crippen LogP contribution >= 0.6 is 23.1 Å². The van der Waals surface area contributed by atoms with Gasteiger partial charge in [-0.25, -0.2) is 9.78 Å². The van der Waals surface area contributed by atoms with Gasteiger partial charge in [-0.1, -0.05) is 6.92 Å². The summed E-state index contributed by atoms with van der Waals surface area (Å²) in [5.41, 5.74) is 0.873. The Morgan fingerprint density at radius 1 is 1.65 bits per heavy atom. The Morgan fingerprint density at radius 3 is 3.06 bits per heavy atom. The van der Waals surface area contributed by atoms with Gasteiger partial charge in [-0.05, 0) is 6.92 Å². The van der Waals surface area contributed by atoms with E-state index < -0.39 is 5.97 Å². The Labute approximate surface area is 109 Å². The van der Waals surface area contributed by atoms with Crippen LogP contribution in [0.1, 0.15) is 29.3 Å². The third kappa shape index (κ3) is 3.00. The van der Waals surface area contributed by atoms with Gasteiger partial charge in [0, 0.05) is 35.5 Å². The number of carboxylic acids is 1. The fraction of sp³-hybridized carbons (Fsp3) is 0.636. The predicted octanol–water partition coefficient (Wildman–Crippen LogP) is 2.17. The van der Waals surface area contributed by atoms with Crippen LogP contribution in [0.5, 0.6) is 0 Å². The average molecular weight is 272 g/mol. The highest BCUT2D eigenvalue weighted by atomic mass is 32.2. The second-order valence-corrected chi connectivity index (χ2v) is 6.58. The number of thioether (sulfide) groups is 1. The van der Waals surface area contributed by atoms with Crippen LogP contribution in [-0.2, 0) is 6.54 Å². The van der Waals surface area contributed by atoms with Crippen LogP contribution < -0.4 is 0 Å². The first kappa shape index (κ1) is 12.9. The standard InChI is InChI=1S/C11H16N2O2S2/c1-7-8(2)16-4-3-13(7)5-9-6-17-10(12-9)11(14)15/h6-8H,3-5H2,1-2H3,(H,14,15). The molecule has 1 aliphatic heterocycles. The largest absolute Gasteiger partial charge is 0.476 e. The topological polar surface area (TPSA) is 53.4 Å². The third-order valence-corrected chi connectivity index (χ3v) is 5.33. The van der Waals surface area contributed by atoms with Crippen LogP contribution in [0.2, 0.25) is 0 Å². The number of thiazole rings is 1. The zero-order valence-corrected chi connectivity index (χ0v) is 11.6. The minimum Gasteiger partial charge on any atom is -0.476 e. The van der Waals surface area contributed by atoms with Gasteiger partial charge in [-0.2, -0.15) is 11.8 Å². The predicted molar refractivity (Wildman–Crippen MR) is 70.9 cm³/mol. The Balaban J connectivity index is 2.01. The van der Waals surface area contributed by atoms with Gasteiger partial charge >= 0.3 is 5.97 Å². The van der Waals surface area contributed by atoms with Gasteiger partial charge in [0.2, 0.25) is 5.01 Å². The number of aromatic nitrogens is 1. The summed E-state index contributed by atoms with van der Waals surface area (Å²) in [6, 6.07) is 0.517. The van der Waals surface area contributed by atoms with E-state index in [0.717, 1.165) is 24.5 Å². The van der Waals surface area contributed by atoms with E-state index in [2.05, 4.69) is 23.7 Å². The number of rotatable bonds is 3. The molecule has 1 aromatic rings. The highest BCUT2D eigenvalue weighted by Gasteiger charge is 2.25. The zero-order valence-electron chi connectivity index (χ0n) is 9.92. The molecule has 2 heterocycles. The minimum atomic E-state index is -0.933. The molecule has 17 heavy (non-hydrogen) atoms. The maximum Gasteiger partial charge on any atom is 0.365 e. The molecule has 0 bridgehead atoms. The van der Waals surface area contributed by atoms with Crippen molar-refractivity contribution in [3.8, 4) is 0 Å². The molecule has 1 aliphatic rings. The molecule has 2 unspecified atom stereocenters. The third-order valence-electron chi connectivity index (χ3n) is 3.11. The van der Waals surface area contributed by atoms with Crippen molar-refractivity contribution in [1.29, 1.82) is 0 Å². The first-order valence-electron chi connectivity index (χ1n) is 5.61. The SMILES string of the molecule is CC1SCCN(Cc2csc(C(=O)O)n2)C1C. The Bertz CT molecular complexity index is 408. The van der Waals surface area contributed by atoms with Crippen LogP contribution in [0.4, 0.5) is 0 Å². The van der Waals surface area contributed by atoms with Crippen molar-refractivity contribution in [2.75, 3.05) is 12.3 Å². The summed E-state index contributed by atoms with van der Waals surface area (Å²) in [6.45, 7) is 6.28. The zero-order chi connectivity index (χ0) is 12.4. The summed E-state index contributed by atoms with van der Waals surface area (Å²) < 4.78 is 0. The molecular formula is C11H16N2O2S2. The Kier molecular flexibility index (Phi) is 4.06. The fourth-order valence-electron chi connectivity index (χ4n) is 1.90. The first-order chi connectivity index (χ1) is 8.08. The molecule has 4 nitrogen and oxygen atoms in total. The number of carbonyl (C=O) groups is 1. The van der Waals surface area contributed by atoms with E-state index in [0.29, 0.717) is 11.3 Å². The quantitative estimate of drug-likeness (QED) is 0.914. The molecular weight excluding hydrogens is 256 g/mol. The maximum atomic E-state index is 10.8. The second-order valence-electron chi connectivity index (χ2n) is 4.24. The molecule has 94 valence electrons. The molecule has 1 saturated heterocycles. The molecule has 6 heteroatoms. The molecule has 1 aromatic heterocycles. The molecule has 0 saturated carbocycles. The molecule has 0 radical (unpaired) electrons. The van der Waals surface area contributed by atoms with Crippen molar-refractivity contribution >= 4 is 29.1 Å². The monoisotopic (exact) mass is 272 g/mol. The maximum absolute atomic E-state index is 10.8. The molecule has 1 N–H and O–H groups in total. The van der Waals surface area contributed by atoms with Gasteiger partial charge < -0.3 is 5.11 Å². The molecule has 2 rings (SSSR count). The Morgan fingerprint density at radius 2 is 2.41 bits per heavy atom. The Hall–Kier alpha value is -0.590. The van der Waals surface area contributed by atoms with Crippen molar-refractivity contribution in [3.05, 3.63) is 16.1 Å². The lowest BCUT2D eigenvalue weighted by Crippen LogP contribution is -2.44. The van der Waals surface area contributed by atoms with Crippen molar-refractivity contribution in [2.45, 2.75) is 31.7 Å². The number of hydrogen-bond acceptors (Lipinski definition) is 5. The minimum absolute atomic E-state index is 0.187. The van der Waals surface area contributed by atoms with Crippen molar-refractivity contribution in [1.82, 2.24) is 9.88 Å². The summed E-state index contributed by atoms with van der Waals surface area (Å²) in [7, 11) is 0. The van der Waals surface area contributed by atoms with Gasteiger partial charge in [0.1, 0.15) is 0 Å². The van der Waals surface area contributed by atoms with E-state index in [4.69, 9.17) is 5.11 Å². The highest BCUT2D eigenvalue weighted by Crippen LogP contribution is 2.25. The van der Waals surface area contributed by atoms with E-state index >= 15 is 0 Å². The van der Waals surface area contributed by atoms with E-state index in [1.807, 2.05) is 17.1 Å². The molecule has 2 atom stereocenters. The van der Waals surface area contributed by atoms with Gasteiger partial charge in [0.25, 0.3) is 0 Å². The van der Waals surface area contributed by atoms with E-state index in [9.17, 15) is 4.79 Å². The molecule has 1 fully saturated rings. The van der Waals surface area contributed by atoms with E-state index in [1.54, 1.807) is 0 Å². The lowest BCUT2D eigenvalue weighted by atomic mass is 10.2. The number of hydrogen-bond donors (Lipinski definition) is 1. The number of carboxylic acid groups (broad SMARTS) is 1. The van der Waals surface area contributed by atoms with Gasteiger partial charge in [0.05, 0.1) is 5.69 Å². The second kappa shape index (κ2) is 5.37. The van der Waals surface area contributed by atoms with E-state index in [1.165, 1.54) is 11.3 Å². The fourth-order valence-corrected chi connectivity index (χ4v) is 3.71. The van der Waals surface area contributed by atoms with Gasteiger partial charge in [0.15, 0.2) is 0 Å². The number of aromatic carboxylic acids is 1. The van der Waals surface area contributed by atoms with Gasteiger partial charge in [-0.15, -0.1) is 11.3 Å². The van der Waals surface area contributed by atoms with Crippen LogP contribution in [0, 0.1) is 0 Å². The van der Waals surface area contributed by atoms with Crippen molar-refractivity contribution in [3.63, 3.8) is 0 Å². The summed E-state index contributed by atoms with van der Waals surface area (Å²) in [5.74, 6) is 0.207. The van der Waals surface area contributed by atoms with Crippen LogP contribution in [0.25, 0.3) is 0 Å². The summed E-state index contributed by atoms with van der Waals surface area (Å²) >= 11 is 3.20. The summed E-state index contributed by atoms with van der Waals surface area (Å²) in [6.07, 6.45) is 0. The highest BCUT2D eigenvalue weighted by molar-refractivity contribution is 8.00. The van der Waals surface area contributed by atoms with Crippen LogP contribution in [-0.4, -0.2) is 44.5 Å². The molecule has 0 amide bonds. The van der Waals surface area contributed by atoms with Crippen molar-refractivity contribution < 1.29 is 9.90 Å². The summed E-state index contributed by atoms with van der Waals surface area (Å²) in [5, 5.41) is 11.5. The smallest absolute Gasteiger partial charge is 0.365 e. The van der Waals surface area contributed by atoms with Gasteiger partial charge in [-0.3, -0.25) is 4.90 Å². The van der Waals surface area contributed by atoms with E-state index in [-0.39, 0.29) is 5.01 Å². The van der Waals surface area contributed by atoms with Crippen LogP contribution in [0.15, 0.2) is 5.38 Å². The molecule has 0 aliphatic carbocycles. The first-order valence-corrected chi connectivity index (χ1v) is 7.54. The molecule has 0 aromatic carbocycles. The number of nitrogens with zero attached hydrogens (tertiary/aromatic N) is 2. The lowest BCUT2D eigenvalue weighted by Gasteiger charge is -2.37. The average Bonchev–Trinajstić information content (AvgIpc) is 2.73. The normalized spacial score (nSPS) is 26.0.